The van der Waals surface area contributed by atoms with Gasteiger partial charge in [0, 0.05) is 0 Å². The Kier molecular flexibility index (Phi) is 2.24. The molecule has 1 aliphatic carbocycles. The SMILES string of the molecule is Fc1ccc(C2CC3CCNCC32)cc1. The molecule has 1 saturated heterocycles. The van der Waals surface area contributed by atoms with Crippen molar-refractivity contribution in [3.63, 3.8) is 0 Å². The lowest BCUT2D eigenvalue weighted by atomic mass is 9.60. The van der Waals surface area contributed by atoms with Gasteiger partial charge in [-0.3, -0.25) is 0 Å². The molecule has 15 heavy (non-hydrogen) atoms. The van der Waals surface area contributed by atoms with Crippen LogP contribution >= 0.6 is 0 Å². The average molecular weight is 205 g/mol. The van der Waals surface area contributed by atoms with Gasteiger partial charge >= 0.3 is 0 Å². The summed E-state index contributed by atoms with van der Waals surface area (Å²) in [6.07, 6.45) is 2.63. The van der Waals surface area contributed by atoms with Crippen molar-refractivity contribution in [3.8, 4) is 0 Å². The maximum absolute atomic E-state index is 12.8. The first-order valence-corrected chi connectivity index (χ1v) is 5.81. The second-order valence-corrected chi connectivity index (χ2v) is 4.81. The van der Waals surface area contributed by atoms with Crippen molar-refractivity contribution in [1.82, 2.24) is 5.32 Å². The molecule has 1 N–H and O–H groups in total. The summed E-state index contributed by atoms with van der Waals surface area (Å²) in [7, 11) is 0. The lowest BCUT2D eigenvalue weighted by Gasteiger charge is -2.48. The minimum atomic E-state index is -0.128. The number of nitrogens with one attached hydrogen (secondary N) is 1. The molecule has 2 heteroatoms. The Bertz CT molecular complexity index is 346. The summed E-state index contributed by atoms with van der Waals surface area (Å²) in [4.78, 5) is 0. The molecule has 0 spiro atoms. The highest BCUT2D eigenvalue weighted by atomic mass is 19.1. The Hall–Kier alpha value is -0.890. The third kappa shape index (κ3) is 1.57. The third-order valence-electron chi connectivity index (χ3n) is 4.05. The standard InChI is InChI=1S/C13H16FN/c14-11-3-1-9(2-4-11)12-7-10-5-6-15-8-13(10)12/h1-4,10,12-13,15H,5-8H2. The number of rotatable bonds is 1. The molecule has 1 aliphatic heterocycles. The first-order chi connectivity index (χ1) is 7.34. The smallest absolute Gasteiger partial charge is 0.123 e. The third-order valence-corrected chi connectivity index (χ3v) is 4.05. The van der Waals surface area contributed by atoms with Gasteiger partial charge < -0.3 is 5.32 Å². The molecule has 0 bridgehead atoms. The fourth-order valence-electron chi connectivity index (χ4n) is 3.10. The Labute approximate surface area is 89.7 Å². The van der Waals surface area contributed by atoms with Crippen LogP contribution in [0.1, 0.15) is 24.3 Å². The van der Waals surface area contributed by atoms with E-state index in [9.17, 15) is 4.39 Å². The summed E-state index contributed by atoms with van der Waals surface area (Å²) in [5, 5.41) is 3.45. The highest BCUT2D eigenvalue weighted by Gasteiger charge is 2.42. The van der Waals surface area contributed by atoms with Crippen LogP contribution in [-0.4, -0.2) is 13.1 Å². The summed E-state index contributed by atoms with van der Waals surface area (Å²) >= 11 is 0. The molecule has 1 nitrogen and oxygen atoms in total. The first kappa shape index (κ1) is 9.34. The highest BCUT2D eigenvalue weighted by Crippen LogP contribution is 2.49. The molecular weight excluding hydrogens is 189 g/mol. The summed E-state index contributed by atoms with van der Waals surface area (Å²) < 4.78 is 12.8. The van der Waals surface area contributed by atoms with Crippen LogP contribution in [0.4, 0.5) is 4.39 Å². The number of benzene rings is 1. The van der Waals surface area contributed by atoms with E-state index < -0.39 is 0 Å². The Morgan fingerprint density at radius 2 is 2.00 bits per heavy atom. The predicted octanol–water partition coefficient (Wildman–Crippen LogP) is 2.54. The van der Waals surface area contributed by atoms with E-state index in [0.717, 1.165) is 18.4 Å². The van der Waals surface area contributed by atoms with Crippen LogP contribution in [0, 0.1) is 17.7 Å². The van der Waals surface area contributed by atoms with Crippen LogP contribution in [-0.2, 0) is 0 Å². The molecule has 0 amide bonds. The minimum Gasteiger partial charge on any atom is -0.316 e. The molecule has 1 aromatic rings. The fourth-order valence-corrected chi connectivity index (χ4v) is 3.10. The predicted molar refractivity (Wildman–Crippen MR) is 58.2 cm³/mol. The molecular formula is C13H16FN. The van der Waals surface area contributed by atoms with E-state index in [4.69, 9.17) is 0 Å². The van der Waals surface area contributed by atoms with Crippen molar-refractivity contribution >= 4 is 0 Å². The summed E-state index contributed by atoms with van der Waals surface area (Å²) in [6, 6.07) is 7.06. The molecule has 3 rings (SSSR count). The maximum Gasteiger partial charge on any atom is 0.123 e. The van der Waals surface area contributed by atoms with Gasteiger partial charge in [0.2, 0.25) is 0 Å². The van der Waals surface area contributed by atoms with Gasteiger partial charge in [-0.05, 0) is 61.4 Å². The molecule has 1 saturated carbocycles. The summed E-state index contributed by atoms with van der Waals surface area (Å²) in [5.41, 5.74) is 1.32. The van der Waals surface area contributed by atoms with Crippen LogP contribution in [0.2, 0.25) is 0 Å². The number of halogens is 1. The van der Waals surface area contributed by atoms with Crippen LogP contribution in [0.25, 0.3) is 0 Å². The zero-order chi connectivity index (χ0) is 10.3. The number of fused-ring (bicyclic) bond motifs is 1. The lowest BCUT2D eigenvalue weighted by Crippen LogP contribution is -2.47. The van der Waals surface area contributed by atoms with Crippen molar-refractivity contribution in [2.24, 2.45) is 11.8 Å². The van der Waals surface area contributed by atoms with Gasteiger partial charge in [-0.2, -0.15) is 0 Å². The van der Waals surface area contributed by atoms with Gasteiger partial charge in [-0.1, -0.05) is 12.1 Å². The quantitative estimate of drug-likeness (QED) is 0.743. The summed E-state index contributed by atoms with van der Waals surface area (Å²) in [6.45, 7) is 2.32. The molecule has 0 aromatic heterocycles. The van der Waals surface area contributed by atoms with Crippen molar-refractivity contribution in [2.45, 2.75) is 18.8 Å². The highest BCUT2D eigenvalue weighted by molar-refractivity contribution is 5.25. The molecule has 2 fully saturated rings. The minimum absolute atomic E-state index is 0.128. The second kappa shape index (κ2) is 3.60. The van der Waals surface area contributed by atoms with Crippen molar-refractivity contribution < 1.29 is 4.39 Å². The van der Waals surface area contributed by atoms with E-state index in [1.54, 1.807) is 12.1 Å². The zero-order valence-electron chi connectivity index (χ0n) is 8.75. The van der Waals surface area contributed by atoms with Gasteiger partial charge in [-0.25, -0.2) is 4.39 Å². The van der Waals surface area contributed by atoms with Crippen molar-refractivity contribution in [3.05, 3.63) is 35.6 Å². The van der Waals surface area contributed by atoms with Crippen molar-refractivity contribution in [2.75, 3.05) is 13.1 Å². The van der Waals surface area contributed by atoms with Crippen LogP contribution in [0.15, 0.2) is 24.3 Å². The van der Waals surface area contributed by atoms with E-state index >= 15 is 0 Å². The van der Waals surface area contributed by atoms with E-state index in [2.05, 4.69) is 5.32 Å². The molecule has 2 aliphatic rings. The lowest BCUT2D eigenvalue weighted by molar-refractivity contribution is 0.0933. The van der Waals surface area contributed by atoms with E-state index in [1.807, 2.05) is 12.1 Å². The normalized spacial score (nSPS) is 34.3. The maximum atomic E-state index is 12.8. The molecule has 3 atom stereocenters. The molecule has 1 heterocycles. The van der Waals surface area contributed by atoms with E-state index in [1.165, 1.54) is 24.9 Å². The molecule has 80 valence electrons. The largest absolute Gasteiger partial charge is 0.316 e. The van der Waals surface area contributed by atoms with Crippen molar-refractivity contribution in [1.29, 1.82) is 0 Å². The number of piperidine rings is 1. The molecule has 1 aromatic carbocycles. The van der Waals surface area contributed by atoms with Gasteiger partial charge in [0.1, 0.15) is 5.82 Å². The number of hydrogen-bond acceptors (Lipinski definition) is 1. The second-order valence-electron chi connectivity index (χ2n) is 4.81. The Morgan fingerprint density at radius 3 is 2.73 bits per heavy atom. The van der Waals surface area contributed by atoms with E-state index in [0.29, 0.717) is 5.92 Å². The Morgan fingerprint density at radius 1 is 1.20 bits per heavy atom. The topological polar surface area (TPSA) is 12.0 Å². The van der Waals surface area contributed by atoms with Gasteiger partial charge in [0.05, 0.1) is 0 Å². The van der Waals surface area contributed by atoms with E-state index in [-0.39, 0.29) is 5.82 Å². The monoisotopic (exact) mass is 205 g/mol. The van der Waals surface area contributed by atoms with Crippen LogP contribution < -0.4 is 5.32 Å². The van der Waals surface area contributed by atoms with Gasteiger partial charge in [0.15, 0.2) is 0 Å². The molecule has 3 unspecified atom stereocenters. The van der Waals surface area contributed by atoms with Gasteiger partial charge in [-0.15, -0.1) is 0 Å². The summed E-state index contributed by atoms with van der Waals surface area (Å²) in [5.74, 6) is 2.25. The Balaban J connectivity index is 1.76. The molecule has 0 radical (unpaired) electrons. The fraction of sp³-hybridized carbons (Fsp3) is 0.538. The average Bonchev–Trinajstić information content (AvgIpc) is 2.23. The first-order valence-electron chi connectivity index (χ1n) is 5.81. The number of hydrogen-bond donors (Lipinski definition) is 1. The van der Waals surface area contributed by atoms with Crippen LogP contribution in [0.5, 0.6) is 0 Å². The zero-order valence-corrected chi connectivity index (χ0v) is 8.75. The van der Waals surface area contributed by atoms with Gasteiger partial charge in [0.25, 0.3) is 0 Å². The van der Waals surface area contributed by atoms with Crippen LogP contribution in [0.3, 0.4) is 0 Å².